The second kappa shape index (κ2) is 5.15. The quantitative estimate of drug-likeness (QED) is 0.879. The third-order valence-corrected chi connectivity index (χ3v) is 3.23. The van der Waals surface area contributed by atoms with Crippen LogP contribution in [0.15, 0.2) is 12.1 Å². The lowest BCUT2D eigenvalue weighted by atomic mass is 10.1. The molecule has 1 atom stereocenters. The van der Waals surface area contributed by atoms with Crippen LogP contribution in [0.3, 0.4) is 0 Å². The average Bonchev–Trinajstić information content (AvgIpc) is 3.09. The molecule has 1 N–H and O–H groups in total. The number of hydrogen-bond donors (Lipinski definition) is 1. The van der Waals surface area contributed by atoms with E-state index in [2.05, 4.69) is 0 Å². The van der Waals surface area contributed by atoms with Crippen LogP contribution in [0.1, 0.15) is 31.4 Å². The minimum atomic E-state index is -0.674. The molecule has 1 aromatic rings. The minimum Gasteiger partial charge on any atom is -0.493 e. The Labute approximate surface area is 106 Å². The van der Waals surface area contributed by atoms with Gasteiger partial charge in [0, 0.05) is 5.56 Å². The van der Waals surface area contributed by atoms with Gasteiger partial charge in [-0.1, -0.05) is 11.6 Å². The van der Waals surface area contributed by atoms with E-state index in [9.17, 15) is 5.11 Å². The fraction of sp³-hybridized carbons (Fsp3) is 0.538. The monoisotopic (exact) mass is 256 g/mol. The SMILES string of the molecule is COc1ccc(Cl)c(C(C)O)c1OCC1CC1. The van der Waals surface area contributed by atoms with Crippen molar-refractivity contribution < 1.29 is 14.6 Å². The predicted molar refractivity (Wildman–Crippen MR) is 66.9 cm³/mol. The van der Waals surface area contributed by atoms with Gasteiger partial charge in [0.2, 0.25) is 0 Å². The molecule has 0 saturated heterocycles. The Kier molecular flexibility index (Phi) is 3.79. The van der Waals surface area contributed by atoms with Gasteiger partial charge >= 0.3 is 0 Å². The van der Waals surface area contributed by atoms with Gasteiger partial charge in [-0.15, -0.1) is 0 Å². The summed E-state index contributed by atoms with van der Waals surface area (Å²) in [7, 11) is 1.58. The van der Waals surface area contributed by atoms with Gasteiger partial charge in [-0.2, -0.15) is 0 Å². The van der Waals surface area contributed by atoms with E-state index in [1.165, 1.54) is 12.8 Å². The maximum atomic E-state index is 9.77. The third-order valence-electron chi connectivity index (χ3n) is 2.90. The van der Waals surface area contributed by atoms with E-state index in [0.717, 1.165) is 0 Å². The number of halogens is 1. The van der Waals surface area contributed by atoms with Gasteiger partial charge in [0.05, 0.1) is 24.8 Å². The zero-order chi connectivity index (χ0) is 12.4. The molecule has 94 valence electrons. The lowest BCUT2D eigenvalue weighted by Gasteiger charge is -2.17. The topological polar surface area (TPSA) is 38.7 Å². The highest BCUT2D eigenvalue weighted by molar-refractivity contribution is 6.31. The Bertz CT molecular complexity index is 400. The number of rotatable bonds is 5. The highest BCUT2D eigenvalue weighted by Gasteiger charge is 2.25. The van der Waals surface area contributed by atoms with Crippen molar-refractivity contribution >= 4 is 11.6 Å². The molecule has 0 radical (unpaired) electrons. The van der Waals surface area contributed by atoms with Gasteiger partial charge in [0.15, 0.2) is 11.5 Å². The molecule has 4 heteroatoms. The zero-order valence-electron chi connectivity index (χ0n) is 10.1. The average molecular weight is 257 g/mol. The first-order valence-electron chi connectivity index (χ1n) is 5.80. The Balaban J connectivity index is 2.31. The van der Waals surface area contributed by atoms with Crippen LogP contribution in [0.4, 0.5) is 0 Å². The Morgan fingerprint density at radius 3 is 2.71 bits per heavy atom. The Morgan fingerprint density at radius 1 is 1.47 bits per heavy atom. The third kappa shape index (κ3) is 2.85. The van der Waals surface area contributed by atoms with Gasteiger partial charge in [-0.05, 0) is 37.8 Å². The smallest absolute Gasteiger partial charge is 0.168 e. The van der Waals surface area contributed by atoms with Crippen LogP contribution in [0.25, 0.3) is 0 Å². The minimum absolute atomic E-state index is 0.506. The number of benzene rings is 1. The van der Waals surface area contributed by atoms with Crippen LogP contribution in [-0.4, -0.2) is 18.8 Å². The van der Waals surface area contributed by atoms with Gasteiger partial charge in [-0.25, -0.2) is 0 Å². The summed E-state index contributed by atoms with van der Waals surface area (Å²) in [6.45, 7) is 2.33. The maximum Gasteiger partial charge on any atom is 0.168 e. The summed E-state index contributed by atoms with van der Waals surface area (Å²) in [5.74, 6) is 1.83. The molecular weight excluding hydrogens is 240 g/mol. The molecule has 0 spiro atoms. The van der Waals surface area contributed by atoms with Crippen LogP contribution in [0.5, 0.6) is 11.5 Å². The zero-order valence-corrected chi connectivity index (χ0v) is 10.8. The predicted octanol–water partition coefficient (Wildman–Crippen LogP) is 3.19. The van der Waals surface area contributed by atoms with Crippen molar-refractivity contribution in [2.24, 2.45) is 5.92 Å². The van der Waals surface area contributed by atoms with E-state index in [1.807, 2.05) is 0 Å². The fourth-order valence-corrected chi connectivity index (χ4v) is 2.05. The fourth-order valence-electron chi connectivity index (χ4n) is 1.74. The molecule has 1 saturated carbocycles. The first kappa shape index (κ1) is 12.5. The molecule has 17 heavy (non-hydrogen) atoms. The maximum absolute atomic E-state index is 9.77. The van der Waals surface area contributed by atoms with Gasteiger partial charge in [-0.3, -0.25) is 0 Å². The molecule has 0 aliphatic heterocycles. The molecule has 0 bridgehead atoms. The van der Waals surface area contributed by atoms with Crippen molar-refractivity contribution in [1.29, 1.82) is 0 Å². The Morgan fingerprint density at radius 2 is 2.18 bits per heavy atom. The molecule has 1 unspecified atom stereocenters. The van der Waals surface area contributed by atoms with Crippen LogP contribution >= 0.6 is 11.6 Å². The molecule has 0 aromatic heterocycles. The number of aliphatic hydroxyl groups is 1. The second-order valence-corrected chi connectivity index (χ2v) is 4.83. The molecule has 0 amide bonds. The van der Waals surface area contributed by atoms with Gasteiger partial charge in [0.1, 0.15) is 0 Å². The summed E-state index contributed by atoms with van der Waals surface area (Å²) >= 11 is 6.09. The summed E-state index contributed by atoms with van der Waals surface area (Å²) in [6, 6.07) is 3.48. The number of ether oxygens (including phenoxy) is 2. The summed E-state index contributed by atoms with van der Waals surface area (Å²) in [5, 5.41) is 10.3. The van der Waals surface area contributed by atoms with Crippen LogP contribution in [0.2, 0.25) is 5.02 Å². The van der Waals surface area contributed by atoms with Crippen molar-refractivity contribution in [3.8, 4) is 11.5 Å². The number of methoxy groups -OCH3 is 1. The largest absolute Gasteiger partial charge is 0.493 e. The number of aliphatic hydroxyl groups excluding tert-OH is 1. The molecule has 1 aliphatic carbocycles. The van der Waals surface area contributed by atoms with Crippen molar-refractivity contribution in [2.75, 3.05) is 13.7 Å². The van der Waals surface area contributed by atoms with Crippen molar-refractivity contribution in [3.63, 3.8) is 0 Å². The van der Waals surface area contributed by atoms with E-state index in [0.29, 0.717) is 34.6 Å². The first-order valence-corrected chi connectivity index (χ1v) is 6.18. The molecule has 2 rings (SSSR count). The van der Waals surface area contributed by atoms with Crippen LogP contribution in [0, 0.1) is 5.92 Å². The molecule has 1 aromatic carbocycles. The van der Waals surface area contributed by atoms with Gasteiger partial charge < -0.3 is 14.6 Å². The summed E-state index contributed by atoms with van der Waals surface area (Å²) < 4.78 is 11.0. The molecule has 3 nitrogen and oxygen atoms in total. The molecule has 1 aliphatic rings. The van der Waals surface area contributed by atoms with E-state index in [1.54, 1.807) is 26.2 Å². The van der Waals surface area contributed by atoms with Crippen LogP contribution < -0.4 is 9.47 Å². The summed E-state index contributed by atoms with van der Waals surface area (Å²) in [4.78, 5) is 0. The normalized spacial score (nSPS) is 16.7. The summed E-state index contributed by atoms with van der Waals surface area (Å²) in [6.07, 6.45) is 1.76. The first-order chi connectivity index (χ1) is 8.13. The number of hydrogen-bond acceptors (Lipinski definition) is 3. The second-order valence-electron chi connectivity index (χ2n) is 4.42. The van der Waals surface area contributed by atoms with E-state index >= 15 is 0 Å². The standard InChI is InChI=1S/C13H17ClO3/c1-8(15)12-10(14)5-6-11(16-2)13(12)17-7-9-3-4-9/h5-6,8-9,15H,3-4,7H2,1-2H3. The highest BCUT2D eigenvalue weighted by atomic mass is 35.5. The molecule has 0 heterocycles. The van der Waals surface area contributed by atoms with E-state index in [4.69, 9.17) is 21.1 Å². The lowest BCUT2D eigenvalue weighted by Crippen LogP contribution is -2.06. The van der Waals surface area contributed by atoms with Gasteiger partial charge in [0.25, 0.3) is 0 Å². The van der Waals surface area contributed by atoms with Crippen LogP contribution in [-0.2, 0) is 0 Å². The highest BCUT2D eigenvalue weighted by Crippen LogP contribution is 2.41. The Hall–Kier alpha value is -0.930. The van der Waals surface area contributed by atoms with Crippen molar-refractivity contribution in [1.82, 2.24) is 0 Å². The van der Waals surface area contributed by atoms with Crippen molar-refractivity contribution in [2.45, 2.75) is 25.9 Å². The van der Waals surface area contributed by atoms with Crippen molar-refractivity contribution in [3.05, 3.63) is 22.7 Å². The molecule has 1 fully saturated rings. The van der Waals surface area contributed by atoms with E-state index < -0.39 is 6.10 Å². The van der Waals surface area contributed by atoms with E-state index in [-0.39, 0.29) is 0 Å². The lowest BCUT2D eigenvalue weighted by molar-refractivity contribution is 0.188. The molecular formula is C13H17ClO3. The summed E-state index contributed by atoms with van der Waals surface area (Å²) in [5.41, 5.74) is 0.603.